The first-order chi connectivity index (χ1) is 26.8. The van der Waals surface area contributed by atoms with Crippen LogP contribution in [0.4, 0.5) is 0 Å². The van der Waals surface area contributed by atoms with E-state index in [1.807, 2.05) is 0 Å². The van der Waals surface area contributed by atoms with E-state index in [-0.39, 0.29) is 0 Å². The fourth-order valence-corrected chi connectivity index (χ4v) is 8.14. The van der Waals surface area contributed by atoms with Gasteiger partial charge in [-0.05, 0) is 120 Å². The molecule has 54 heavy (non-hydrogen) atoms. The molecule has 1 nitrogen and oxygen atoms in total. The maximum Gasteiger partial charge on any atom is 0.0708 e. The van der Waals surface area contributed by atoms with Gasteiger partial charge < -0.3 is 0 Å². The first-order valence-electron chi connectivity index (χ1n) is 18.5. The second-order valence-electron chi connectivity index (χ2n) is 13.9. The normalized spacial score (nSPS) is 11.3. The summed E-state index contributed by atoms with van der Waals surface area (Å²) in [6.07, 6.45) is 2.11. The first kappa shape index (κ1) is 31.6. The maximum absolute atomic E-state index is 5.13. The Labute approximate surface area is 315 Å². The molecule has 10 aromatic rings. The van der Waals surface area contributed by atoms with E-state index in [1.165, 1.54) is 82.9 Å². The van der Waals surface area contributed by atoms with Gasteiger partial charge in [0.2, 0.25) is 0 Å². The van der Waals surface area contributed by atoms with E-state index in [4.69, 9.17) is 4.98 Å². The molecule has 0 N–H and O–H groups in total. The van der Waals surface area contributed by atoms with Crippen molar-refractivity contribution in [2.75, 3.05) is 0 Å². The molecule has 1 heteroatoms. The van der Waals surface area contributed by atoms with Crippen molar-refractivity contribution in [1.82, 2.24) is 4.98 Å². The smallest absolute Gasteiger partial charge is 0.0708 e. The van der Waals surface area contributed by atoms with Gasteiger partial charge in [-0.25, -0.2) is 0 Å². The lowest BCUT2D eigenvalue weighted by atomic mass is 9.83. The van der Waals surface area contributed by atoms with E-state index in [1.54, 1.807) is 0 Å². The third kappa shape index (κ3) is 5.64. The highest BCUT2D eigenvalue weighted by Gasteiger charge is 2.21. The van der Waals surface area contributed by atoms with Crippen LogP contribution in [0.1, 0.15) is 0 Å². The molecule has 0 fully saturated rings. The molecule has 1 heterocycles. The maximum atomic E-state index is 5.13. The second kappa shape index (κ2) is 13.5. The Morgan fingerprint density at radius 3 is 1.02 bits per heavy atom. The largest absolute Gasteiger partial charge is 0.256 e. The van der Waals surface area contributed by atoms with Crippen molar-refractivity contribution in [3.63, 3.8) is 0 Å². The van der Waals surface area contributed by atoms with Crippen molar-refractivity contribution in [1.29, 1.82) is 0 Å². The number of hydrogen-bond acceptors (Lipinski definition) is 1. The third-order valence-corrected chi connectivity index (χ3v) is 10.6. The monoisotopic (exact) mass is 685 g/mol. The Morgan fingerprint density at radius 1 is 0.241 bits per heavy atom. The van der Waals surface area contributed by atoms with Crippen LogP contribution >= 0.6 is 0 Å². The molecule has 1 aromatic heterocycles. The Kier molecular flexibility index (Phi) is 7.89. The summed E-state index contributed by atoms with van der Waals surface area (Å²) in [5.74, 6) is 0. The van der Waals surface area contributed by atoms with Crippen LogP contribution in [0.5, 0.6) is 0 Å². The second-order valence-corrected chi connectivity index (χ2v) is 13.9. The van der Waals surface area contributed by atoms with Crippen LogP contribution in [0.3, 0.4) is 0 Å². The van der Waals surface area contributed by atoms with Gasteiger partial charge in [0.15, 0.2) is 0 Å². The van der Waals surface area contributed by atoms with E-state index in [0.717, 1.165) is 16.3 Å². The molecule has 0 unspecified atom stereocenters. The summed E-state index contributed by atoms with van der Waals surface area (Å²) in [7, 11) is 0. The standard InChI is InChI=1S/C53H35N/c1-5-17-36(18-6-1)40-29-41(37-19-7-2-8-20-37)32-44(31-40)51-46-25-13-14-26-47(46)52(53-48-27-15-16-28-50(48)54-35-49(51)53)45-33-42(38-21-9-3-10-22-38)30-43(34-45)39-23-11-4-12-24-39/h1-35H. The highest BCUT2D eigenvalue weighted by atomic mass is 14.7. The van der Waals surface area contributed by atoms with Crippen molar-refractivity contribution >= 4 is 32.4 Å². The molecule has 0 radical (unpaired) electrons. The third-order valence-electron chi connectivity index (χ3n) is 10.6. The number of nitrogens with zero attached hydrogens (tertiary/aromatic N) is 1. The van der Waals surface area contributed by atoms with Gasteiger partial charge in [0.25, 0.3) is 0 Å². The van der Waals surface area contributed by atoms with Crippen molar-refractivity contribution in [3.05, 3.63) is 212 Å². The molecule has 0 atom stereocenters. The van der Waals surface area contributed by atoms with Crippen molar-refractivity contribution in [2.24, 2.45) is 0 Å². The number of pyridine rings is 1. The minimum Gasteiger partial charge on any atom is -0.256 e. The molecule has 0 aliphatic carbocycles. The highest BCUT2D eigenvalue weighted by molar-refractivity contribution is 6.27. The highest BCUT2D eigenvalue weighted by Crippen LogP contribution is 2.48. The van der Waals surface area contributed by atoms with Gasteiger partial charge >= 0.3 is 0 Å². The number of hydrogen-bond donors (Lipinski definition) is 0. The average molecular weight is 686 g/mol. The zero-order chi connectivity index (χ0) is 35.8. The van der Waals surface area contributed by atoms with E-state index in [0.29, 0.717) is 0 Å². The topological polar surface area (TPSA) is 12.9 Å². The molecule has 0 spiro atoms. The van der Waals surface area contributed by atoms with Gasteiger partial charge in [0.05, 0.1) is 5.52 Å². The molecule has 0 saturated heterocycles. The number of para-hydroxylation sites is 1. The number of aromatic nitrogens is 1. The molecule has 9 aromatic carbocycles. The van der Waals surface area contributed by atoms with Gasteiger partial charge in [-0.15, -0.1) is 0 Å². The van der Waals surface area contributed by atoms with Crippen molar-refractivity contribution in [2.45, 2.75) is 0 Å². The van der Waals surface area contributed by atoms with E-state index >= 15 is 0 Å². The number of benzene rings is 9. The Bertz CT molecular complexity index is 2830. The van der Waals surface area contributed by atoms with Crippen molar-refractivity contribution in [3.8, 4) is 66.8 Å². The van der Waals surface area contributed by atoms with Crippen molar-refractivity contribution < 1.29 is 0 Å². The zero-order valence-electron chi connectivity index (χ0n) is 29.7. The van der Waals surface area contributed by atoms with Crippen LogP contribution in [-0.2, 0) is 0 Å². The molecular weight excluding hydrogens is 651 g/mol. The first-order valence-corrected chi connectivity index (χ1v) is 18.5. The number of fused-ring (bicyclic) bond motifs is 4. The fraction of sp³-hybridized carbons (Fsp3) is 0. The minimum atomic E-state index is 0.984. The minimum absolute atomic E-state index is 0.984. The van der Waals surface area contributed by atoms with Gasteiger partial charge in [-0.2, -0.15) is 0 Å². The predicted molar refractivity (Wildman–Crippen MR) is 229 cm³/mol. The summed E-state index contributed by atoms with van der Waals surface area (Å²) >= 11 is 0. The molecule has 10 rings (SSSR count). The lowest BCUT2D eigenvalue weighted by molar-refractivity contribution is 1.45. The molecule has 0 saturated carbocycles. The molecule has 0 amide bonds. The fourth-order valence-electron chi connectivity index (χ4n) is 8.14. The van der Waals surface area contributed by atoms with Gasteiger partial charge in [0, 0.05) is 22.4 Å². The van der Waals surface area contributed by atoms with Crippen LogP contribution in [0.15, 0.2) is 212 Å². The van der Waals surface area contributed by atoms with E-state index < -0.39 is 0 Å². The van der Waals surface area contributed by atoms with Gasteiger partial charge in [-0.1, -0.05) is 164 Å². The summed E-state index contributed by atoms with van der Waals surface area (Å²) in [5.41, 5.74) is 15.3. The van der Waals surface area contributed by atoms with Gasteiger partial charge in [0.1, 0.15) is 0 Å². The van der Waals surface area contributed by atoms with Crippen LogP contribution in [0.25, 0.3) is 99.2 Å². The molecule has 0 bridgehead atoms. The quantitative estimate of drug-likeness (QED) is 0.125. The molecule has 252 valence electrons. The Hall–Kier alpha value is -7.09. The van der Waals surface area contributed by atoms with Crippen LogP contribution < -0.4 is 0 Å². The number of rotatable bonds is 6. The summed E-state index contributed by atoms with van der Waals surface area (Å²) in [6.45, 7) is 0. The van der Waals surface area contributed by atoms with E-state index in [2.05, 4.69) is 212 Å². The lowest BCUT2D eigenvalue weighted by Gasteiger charge is -2.21. The zero-order valence-corrected chi connectivity index (χ0v) is 29.7. The van der Waals surface area contributed by atoms with E-state index in [9.17, 15) is 0 Å². The molecular formula is C53H35N. The SMILES string of the molecule is c1ccc(-c2cc(-c3ccccc3)cc(-c3c4ccccc4c(-c4cc(-c5ccccc5)cc(-c5ccccc5)c4)c4c3cnc3ccccc34)c2)cc1. The summed E-state index contributed by atoms with van der Waals surface area (Å²) < 4.78 is 0. The van der Waals surface area contributed by atoms with Crippen LogP contribution in [0, 0.1) is 0 Å². The van der Waals surface area contributed by atoms with Crippen LogP contribution in [-0.4, -0.2) is 4.98 Å². The molecule has 0 aliphatic heterocycles. The molecule has 0 aliphatic rings. The van der Waals surface area contributed by atoms with Gasteiger partial charge in [-0.3, -0.25) is 4.98 Å². The Balaban J connectivity index is 1.34. The summed E-state index contributed by atoms with van der Waals surface area (Å²) in [5, 5.41) is 5.91. The predicted octanol–water partition coefficient (Wildman–Crippen LogP) is 14.5. The lowest BCUT2D eigenvalue weighted by Crippen LogP contribution is -1.95. The summed E-state index contributed by atoms with van der Waals surface area (Å²) in [4.78, 5) is 5.13. The Morgan fingerprint density at radius 2 is 0.574 bits per heavy atom. The van der Waals surface area contributed by atoms with Crippen LogP contribution in [0.2, 0.25) is 0 Å². The average Bonchev–Trinajstić information content (AvgIpc) is 3.26. The summed E-state index contributed by atoms with van der Waals surface area (Å²) in [6, 6.07) is 74.6.